The summed E-state index contributed by atoms with van der Waals surface area (Å²) in [5.74, 6) is 0.0413. The summed E-state index contributed by atoms with van der Waals surface area (Å²) < 4.78 is 4.81. The summed E-state index contributed by atoms with van der Waals surface area (Å²) in [7, 11) is 1.59. The molecular formula is C9H17NO2. The Morgan fingerprint density at radius 2 is 2.25 bits per heavy atom. The molecule has 12 heavy (non-hydrogen) atoms. The van der Waals surface area contributed by atoms with Gasteiger partial charge in [0.05, 0.1) is 6.04 Å². The predicted octanol–water partition coefficient (Wildman–Crippen LogP) is 0.886. The van der Waals surface area contributed by atoms with Crippen LogP contribution in [0.3, 0.4) is 0 Å². The number of hydrogen-bond donors (Lipinski definition) is 1. The molecule has 3 heteroatoms. The van der Waals surface area contributed by atoms with E-state index in [1.54, 1.807) is 7.11 Å². The minimum atomic E-state index is -0.401. The number of carbonyl (C=O) groups is 1. The Hall–Kier alpha value is -0.670. The van der Waals surface area contributed by atoms with Crippen LogP contribution in [0.1, 0.15) is 19.8 Å². The first-order valence-electron chi connectivity index (χ1n) is 3.99. The summed E-state index contributed by atoms with van der Waals surface area (Å²) in [5.41, 5.74) is 6.44. The van der Waals surface area contributed by atoms with Crippen molar-refractivity contribution in [2.75, 3.05) is 13.7 Å². The van der Waals surface area contributed by atoms with Crippen LogP contribution in [0.5, 0.6) is 0 Å². The number of carbonyl (C=O) groups excluding carboxylic acids is 1. The lowest BCUT2D eigenvalue weighted by Gasteiger charge is -2.08. The maximum atomic E-state index is 11.2. The third kappa shape index (κ3) is 5.04. The van der Waals surface area contributed by atoms with Crippen LogP contribution in [0, 0.1) is 0 Å². The topological polar surface area (TPSA) is 52.3 Å². The van der Waals surface area contributed by atoms with Crippen LogP contribution in [-0.2, 0) is 9.53 Å². The monoisotopic (exact) mass is 171 g/mol. The molecule has 2 N–H and O–H groups in total. The number of methoxy groups -OCH3 is 1. The van der Waals surface area contributed by atoms with Gasteiger partial charge in [-0.25, -0.2) is 0 Å². The van der Waals surface area contributed by atoms with Crippen LogP contribution in [0.2, 0.25) is 0 Å². The van der Waals surface area contributed by atoms with E-state index in [2.05, 4.69) is 6.58 Å². The van der Waals surface area contributed by atoms with Gasteiger partial charge in [0, 0.05) is 20.1 Å². The van der Waals surface area contributed by atoms with E-state index in [1.165, 1.54) is 0 Å². The molecule has 0 aromatic heterocycles. The molecule has 0 aromatic carbocycles. The van der Waals surface area contributed by atoms with Crippen molar-refractivity contribution in [3.05, 3.63) is 12.2 Å². The summed E-state index contributed by atoms with van der Waals surface area (Å²) in [6, 6.07) is -0.401. The summed E-state index contributed by atoms with van der Waals surface area (Å²) >= 11 is 0. The fraction of sp³-hybridized carbons (Fsp3) is 0.667. The molecule has 0 bridgehead atoms. The number of Topliss-reactive ketones (excluding diaryl/α,β-unsaturated/α-hetero) is 1. The SMILES string of the molecule is C=C(C)CC(=O)C(N)CCOC. The van der Waals surface area contributed by atoms with Gasteiger partial charge in [-0.15, -0.1) is 0 Å². The van der Waals surface area contributed by atoms with E-state index < -0.39 is 6.04 Å². The molecule has 0 rings (SSSR count). The van der Waals surface area contributed by atoms with Crippen LogP contribution in [0.15, 0.2) is 12.2 Å². The van der Waals surface area contributed by atoms with Crippen molar-refractivity contribution in [2.24, 2.45) is 5.73 Å². The molecule has 0 saturated carbocycles. The molecule has 0 aliphatic carbocycles. The molecule has 3 nitrogen and oxygen atoms in total. The minimum Gasteiger partial charge on any atom is -0.385 e. The second-order valence-electron chi connectivity index (χ2n) is 2.99. The van der Waals surface area contributed by atoms with E-state index in [-0.39, 0.29) is 5.78 Å². The molecule has 0 heterocycles. The summed E-state index contributed by atoms with van der Waals surface area (Å²) in [6.07, 6.45) is 0.966. The molecule has 0 aliphatic heterocycles. The Morgan fingerprint density at radius 3 is 2.67 bits per heavy atom. The van der Waals surface area contributed by atoms with Crippen LogP contribution in [0.4, 0.5) is 0 Å². The Kier molecular flexibility index (Phi) is 5.58. The van der Waals surface area contributed by atoms with Gasteiger partial charge in [0.25, 0.3) is 0 Å². The van der Waals surface area contributed by atoms with Gasteiger partial charge in [-0.1, -0.05) is 12.2 Å². The first-order chi connectivity index (χ1) is 5.57. The number of allylic oxidation sites excluding steroid dienone is 1. The number of ether oxygens (including phenoxy) is 1. The molecule has 0 saturated heterocycles. The highest BCUT2D eigenvalue weighted by Crippen LogP contribution is 2.01. The molecule has 0 spiro atoms. The highest BCUT2D eigenvalue weighted by atomic mass is 16.5. The lowest BCUT2D eigenvalue weighted by Crippen LogP contribution is -2.31. The van der Waals surface area contributed by atoms with Crippen molar-refractivity contribution in [1.29, 1.82) is 0 Å². The molecule has 0 aliphatic rings. The summed E-state index contributed by atoms with van der Waals surface area (Å²) in [6.45, 7) is 6.00. The summed E-state index contributed by atoms with van der Waals surface area (Å²) in [4.78, 5) is 11.2. The van der Waals surface area contributed by atoms with Gasteiger partial charge in [0.2, 0.25) is 0 Å². The largest absolute Gasteiger partial charge is 0.385 e. The zero-order valence-electron chi connectivity index (χ0n) is 7.80. The Balaban J connectivity index is 3.69. The Bertz CT molecular complexity index is 166. The van der Waals surface area contributed by atoms with Gasteiger partial charge in [0.15, 0.2) is 5.78 Å². The van der Waals surface area contributed by atoms with E-state index in [1.807, 2.05) is 6.92 Å². The number of hydrogen-bond acceptors (Lipinski definition) is 3. The number of nitrogens with two attached hydrogens (primary N) is 1. The predicted molar refractivity (Wildman–Crippen MR) is 48.9 cm³/mol. The van der Waals surface area contributed by atoms with Gasteiger partial charge in [-0.05, 0) is 13.3 Å². The average molecular weight is 171 g/mol. The van der Waals surface area contributed by atoms with Gasteiger partial charge in [-0.3, -0.25) is 4.79 Å². The third-order valence-electron chi connectivity index (χ3n) is 1.52. The highest BCUT2D eigenvalue weighted by molar-refractivity contribution is 5.85. The fourth-order valence-corrected chi connectivity index (χ4v) is 0.834. The molecule has 0 aromatic rings. The second kappa shape index (κ2) is 5.91. The fourth-order valence-electron chi connectivity index (χ4n) is 0.834. The maximum absolute atomic E-state index is 11.2. The average Bonchev–Trinajstić information content (AvgIpc) is 1.98. The third-order valence-corrected chi connectivity index (χ3v) is 1.52. The normalized spacial score (nSPS) is 12.6. The standard InChI is InChI=1S/C9H17NO2/c1-7(2)6-9(11)8(10)4-5-12-3/h8H,1,4-6,10H2,2-3H3. The molecule has 70 valence electrons. The highest BCUT2D eigenvalue weighted by Gasteiger charge is 2.12. The van der Waals surface area contributed by atoms with Gasteiger partial charge in [-0.2, -0.15) is 0 Å². The zero-order valence-corrected chi connectivity index (χ0v) is 7.80. The van der Waals surface area contributed by atoms with Gasteiger partial charge >= 0.3 is 0 Å². The Morgan fingerprint density at radius 1 is 1.67 bits per heavy atom. The van der Waals surface area contributed by atoms with E-state index in [4.69, 9.17) is 10.5 Å². The van der Waals surface area contributed by atoms with E-state index in [0.29, 0.717) is 19.4 Å². The molecule has 0 amide bonds. The van der Waals surface area contributed by atoms with Gasteiger partial charge in [0.1, 0.15) is 0 Å². The van der Waals surface area contributed by atoms with Crippen molar-refractivity contribution >= 4 is 5.78 Å². The van der Waals surface area contributed by atoms with E-state index >= 15 is 0 Å². The molecule has 0 radical (unpaired) electrons. The quantitative estimate of drug-likeness (QED) is 0.604. The van der Waals surface area contributed by atoms with Crippen LogP contribution >= 0.6 is 0 Å². The first-order valence-corrected chi connectivity index (χ1v) is 3.99. The van der Waals surface area contributed by atoms with Crippen molar-refractivity contribution in [1.82, 2.24) is 0 Å². The van der Waals surface area contributed by atoms with Crippen molar-refractivity contribution in [3.8, 4) is 0 Å². The lowest BCUT2D eigenvalue weighted by atomic mass is 10.0. The molecule has 0 fully saturated rings. The smallest absolute Gasteiger partial charge is 0.153 e. The molecular weight excluding hydrogens is 154 g/mol. The zero-order chi connectivity index (χ0) is 9.56. The van der Waals surface area contributed by atoms with E-state index in [0.717, 1.165) is 5.57 Å². The first kappa shape index (κ1) is 11.3. The van der Waals surface area contributed by atoms with Crippen LogP contribution in [0.25, 0.3) is 0 Å². The minimum absolute atomic E-state index is 0.0413. The van der Waals surface area contributed by atoms with Crippen LogP contribution in [-0.4, -0.2) is 25.5 Å². The van der Waals surface area contributed by atoms with Crippen molar-refractivity contribution in [2.45, 2.75) is 25.8 Å². The van der Waals surface area contributed by atoms with E-state index in [9.17, 15) is 4.79 Å². The second-order valence-corrected chi connectivity index (χ2v) is 2.99. The summed E-state index contributed by atoms with van der Waals surface area (Å²) in [5, 5.41) is 0. The van der Waals surface area contributed by atoms with Crippen molar-refractivity contribution in [3.63, 3.8) is 0 Å². The maximum Gasteiger partial charge on any atom is 0.153 e. The molecule has 1 unspecified atom stereocenters. The van der Waals surface area contributed by atoms with Crippen molar-refractivity contribution < 1.29 is 9.53 Å². The van der Waals surface area contributed by atoms with Gasteiger partial charge < -0.3 is 10.5 Å². The van der Waals surface area contributed by atoms with Crippen LogP contribution < -0.4 is 5.73 Å². The lowest BCUT2D eigenvalue weighted by molar-refractivity contribution is -0.120. The number of ketones is 1. The molecule has 1 atom stereocenters. The number of rotatable bonds is 6. The Labute approximate surface area is 73.6 Å².